The van der Waals surface area contributed by atoms with E-state index in [9.17, 15) is 22.8 Å². The molecule has 3 aromatic rings. The minimum Gasteiger partial charge on any atom is -0.354 e. The summed E-state index contributed by atoms with van der Waals surface area (Å²) in [6.07, 6.45) is -4.00. The van der Waals surface area contributed by atoms with Gasteiger partial charge in [-0.15, -0.1) is 0 Å². The maximum absolute atomic E-state index is 12.6. The monoisotopic (exact) mass is 401 g/mol. The summed E-state index contributed by atoms with van der Waals surface area (Å²) in [7, 11) is 0. The van der Waals surface area contributed by atoms with E-state index in [4.69, 9.17) is 0 Å². The molecule has 0 spiro atoms. The molecule has 1 N–H and O–H groups in total. The van der Waals surface area contributed by atoms with Crippen LogP contribution in [-0.2, 0) is 23.9 Å². The third-order valence-electron chi connectivity index (χ3n) is 4.25. The van der Waals surface area contributed by atoms with Crippen LogP contribution in [0, 0.1) is 0 Å². The van der Waals surface area contributed by atoms with Crippen LogP contribution >= 0.6 is 0 Å². The lowest BCUT2D eigenvalue weighted by Crippen LogP contribution is -2.34. The number of hydrogen-bond donors (Lipinski definition) is 1. The standard InChI is InChI=1S/C21H18F3N3O2/c22-21(23,24)17-8-6-15(7-9-17)12-13-25-19(28)14-27-20(29)11-10-18(26-27)16-4-2-1-3-5-16/h1-11H,12-14H2,(H,25,28). The van der Waals surface area contributed by atoms with Crippen molar-refractivity contribution in [2.75, 3.05) is 6.54 Å². The van der Waals surface area contributed by atoms with Gasteiger partial charge in [0.15, 0.2) is 0 Å². The zero-order chi connectivity index (χ0) is 20.9. The molecule has 1 aromatic heterocycles. The number of hydrogen-bond acceptors (Lipinski definition) is 3. The first-order chi connectivity index (χ1) is 13.8. The quantitative estimate of drug-likeness (QED) is 0.690. The topological polar surface area (TPSA) is 64.0 Å². The summed E-state index contributed by atoms with van der Waals surface area (Å²) in [6, 6.07) is 17.0. The van der Waals surface area contributed by atoms with Crippen molar-refractivity contribution in [1.82, 2.24) is 15.1 Å². The van der Waals surface area contributed by atoms with Crippen LogP contribution in [0.15, 0.2) is 71.5 Å². The maximum atomic E-state index is 12.6. The number of benzene rings is 2. The lowest BCUT2D eigenvalue weighted by Gasteiger charge is -2.09. The van der Waals surface area contributed by atoms with Gasteiger partial charge in [-0.25, -0.2) is 4.68 Å². The summed E-state index contributed by atoms with van der Waals surface area (Å²) in [5.74, 6) is -0.406. The van der Waals surface area contributed by atoms with E-state index in [-0.39, 0.29) is 13.1 Å². The fraction of sp³-hybridized carbons (Fsp3) is 0.190. The number of aromatic nitrogens is 2. The Morgan fingerprint density at radius 1 is 0.966 bits per heavy atom. The van der Waals surface area contributed by atoms with Gasteiger partial charge in [-0.3, -0.25) is 9.59 Å². The summed E-state index contributed by atoms with van der Waals surface area (Å²) in [5.41, 5.74) is 0.947. The van der Waals surface area contributed by atoms with Crippen molar-refractivity contribution in [1.29, 1.82) is 0 Å². The number of carbonyl (C=O) groups is 1. The van der Waals surface area contributed by atoms with Crippen molar-refractivity contribution in [2.24, 2.45) is 0 Å². The molecule has 0 saturated carbocycles. The summed E-state index contributed by atoms with van der Waals surface area (Å²) in [5, 5.41) is 6.87. The summed E-state index contributed by atoms with van der Waals surface area (Å²) >= 11 is 0. The number of alkyl halides is 3. The number of halogens is 3. The van der Waals surface area contributed by atoms with Gasteiger partial charge in [0, 0.05) is 18.2 Å². The highest BCUT2D eigenvalue weighted by atomic mass is 19.4. The number of nitrogens with one attached hydrogen (secondary N) is 1. The zero-order valence-electron chi connectivity index (χ0n) is 15.3. The summed E-state index contributed by atoms with van der Waals surface area (Å²) in [6.45, 7) is -0.0101. The predicted molar refractivity (Wildman–Crippen MR) is 102 cm³/mol. The van der Waals surface area contributed by atoms with Crippen LogP contribution < -0.4 is 10.9 Å². The molecule has 0 saturated heterocycles. The van der Waals surface area contributed by atoms with Gasteiger partial charge in [-0.1, -0.05) is 42.5 Å². The molecule has 150 valence electrons. The Hall–Kier alpha value is -3.42. The minimum absolute atomic E-state index is 0.233. The van der Waals surface area contributed by atoms with Crippen molar-refractivity contribution < 1.29 is 18.0 Å². The van der Waals surface area contributed by atoms with Crippen LogP contribution in [0.3, 0.4) is 0 Å². The van der Waals surface area contributed by atoms with E-state index in [1.165, 1.54) is 18.2 Å². The van der Waals surface area contributed by atoms with Gasteiger partial charge in [0.1, 0.15) is 6.54 Å². The lowest BCUT2D eigenvalue weighted by molar-refractivity contribution is -0.137. The first kappa shape index (κ1) is 20.3. The number of amides is 1. The van der Waals surface area contributed by atoms with E-state index in [1.807, 2.05) is 30.3 Å². The average Bonchev–Trinajstić information content (AvgIpc) is 2.70. The largest absolute Gasteiger partial charge is 0.416 e. The Bertz CT molecular complexity index is 1030. The summed E-state index contributed by atoms with van der Waals surface area (Å²) < 4.78 is 38.8. The molecule has 0 aliphatic carbocycles. The molecule has 0 bridgehead atoms. The van der Waals surface area contributed by atoms with E-state index >= 15 is 0 Å². The SMILES string of the molecule is O=C(Cn1nc(-c2ccccc2)ccc1=O)NCCc1ccc(C(F)(F)F)cc1. The Labute approximate surface area is 164 Å². The van der Waals surface area contributed by atoms with Gasteiger partial charge in [0.2, 0.25) is 5.91 Å². The Kier molecular flexibility index (Phi) is 6.11. The molecule has 1 amide bonds. The van der Waals surface area contributed by atoms with Gasteiger partial charge in [-0.05, 0) is 30.2 Å². The first-order valence-electron chi connectivity index (χ1n) is 8.89. The minimum atomic E-state index is -4.37. The van der Waals surface area contributed by atoms with Crippen LogP contribution in [0.4, 0.5) is 13.2 Å². The van der Waals surface area contributed by atoms with E-state index in [2.05, 4.69) is 10.4 Å². The second kappa shape index (κ2) is 8.72. The van der Waals surface area contributed by atoms with E-state index in [1.54, 1.807) is 6.07 Å². The molecule has 5 nitrogen and oxygen atoms in total. The Balaban J connectivity index is 1.56. The predicted octanol–water partition coefficient (Wildman–Crippen LogP) is 3.29. The average molecular weight is 401 g/mol. The van der Waals surface area contributed by atoms with Gasteiger partial charge in [0.05, 0.1) is 11.3 Å². The van der Waals surface area contributed by atoms with Crippen LogP contribution in [-0.4, -0.2) is 22.2 Å². The molecule has 0 fully saturated rings. The molecule has 0 atom stereocenters. The highest BCUT2D eigenvalue weighted by Gasteiger charge is 2.29. The second-order valence-corrected chi connectivity index (χ2v) is 6.38. The van der Waals surface area contributed by atoms with Crippen molar-refractivity contribution in [2.45, 2.75) is 19.1 Å². The molecular formula is C21H18F3N3O2. The first-order valence-corrected chi connectivity index (χ1v) is 8.89. The molecule has 8 heteroatoms. The molecule has 0 aliphatic rings. The maximum Gasteiger partial charge on any atom is 0.416 e. The Morgan fingerprint density at radius 3 is 2.31 bits per heavy atom. The summed E-state index contributed by atoms with van der Waals surface area (Å²) in [4.78, 5) is 24.1. The van der Waals surface area contributed by atoms with Gasteiger partial charge in [0.25, 0.3) is 5.56 Å². The van der Waals surface area contributed by atoms with E-state index in [0.717, 1.165) is 22.4 Å². The molecule has 0 radical (unpaired) electrons. The van der Waals surface area contributed by atoms with Gasteiger partial charge in [-0.2, -0.15) is 18.3 Å². The normalized spacial score (nSPS) is 11.3. The van der Waals surface area contributed by atoms with Crippen molar-refractivity contribution >= 4 is 5.91 Å². The Morgan fingerprint density at radius 2 is 1.66 bits per heavy atom. The highest BCUT2D eigenvalue weighted by molar-refractivity contribution is 5.75. The second-order valence-electron chi connectivity index (χ2n) is 6.38. The molecule has 29 heavy (non-hydrogen) atoms. The van der Waals surface area contributed by atoms with Crippen LogP contribution in [0.25, 0.3) is 11.3 Å². The third-order valence-corrected chi connectivity index (χ3v) is 4.25. The fourth-order valence-electron chi connectivity index (χ4n) is 2.72. The third kappa shape index (κ3) is 5.54. The van der Waals surface area contributed by atoms with Crippen molar-refractivity contribution in [3.8, 4) is 11.3 Å². The van der Waals surface area contributed by atoms with E-state index < -0.39 is 23.2 Å². The molecule has 3 rings (SSSR count). The van der Waals surface area contributed by atoms with Gasteiger partial charge >= 0.3 is 6.18 Å². The van der Waals surface area contributed by atoms with Crippen LogP contribution in [0.2, 0.25) is 0 Å². The number of nitrogens with zero attached hydrogens (tertiary/aromatic N) is 2. The molecule has 2 aromatic carbocycles. The number of rotatable bonds is 6. The molecular weight excluding hydrogens is 383 g/mol. The van der Waals surface area contributed by atoms with Crippen molar-refractivity contribution in [3.05, 3.63) is 88.2 Å². The highest BCUT2D eigenvalue weighted by Crippen LogP contribution is 2.29. The van der Waals surface area contributed by atoms with E-state index in [0.29, 0.717) is 17.7 Å². The van der Waals surface area contributed by atoms with Crippen molar-refractivity contribution in [3.63, 3.8) is 0 Å². The number of carbonyl (C=O) groups excluding carboxylic acids is 1. The van der Waals surface area contributed by atoms with Crippen LogP contribution in [0.1, 0.15) is 11.1 Å². The molecule has 1 heterocycles. The smallest absolute Gasteiger partial charge is 0.354 e. The fourth-order valence-corrected chi connectivity index (χ4v) is 2.72. The lowest BCUT2D eigenvalue weighted by atomic mass is 10.1. The zero-order valence-corrected chi connectivity index (χ0v) is 15.3. The van der Waals surface area contributed by atoms with Gasteiger partial charge < -0.3 is 5.32 Å². The molecule has 0 aliphatic heterocycles. The van der Waals surface area contributed by atoms with Crippen LogP contribution in [0.5, 0.6) is 0 Å². The molecule has 0 unspecified atom stereocenters.